The summed E-state index contributed by atoms with van der Waals surface area (Å²) < 4.78 is 11.0. The van der Waals surface area contributed by atoms with Gasteiger partial charge in [0.05, 0.1) is 13.0 Å². The summed E-state index contributed by atoms with van der Waals surface area (Å²) in [6.45, 7) is 2.14. The van der Waals surface area contributed by atoms with Crippen molar-refractivity contribution < 1.29 is 19.1 Å². The van der Waals surface area contributed by atoms with Crippen molar-refractivity contribution in [3.8, 4) is 5.75 Å². The predicted octanol–water partition coefficient (Wildman–Crippen LogP) is 4.69. The highest BCUT2D eigenvalue weighted by atomic mass is 16.6. The van der Waals surface area contributed by atoms with E-state index in [2.05, 4.69) is 5.32 Å². The van der Waals surface area contributed by atoms with E-state index >= 15 is 0 Å². The maximum Gasteiger partial charge on any atom is 0.310 e. The zero-order valence-corrected chi connectivity index (χ0v) is 16.2. The van der Waals surface area contributed by atoms with Crippen molar-refractivity contribution in [2.24, 2.45) is 0 Å². The van der Waals surface area contributed by atoms with Crippen LogP contribution in [0, 0.1) is 6.92 Å². The van der Waals surface area contributed by atoms with Crippen LogP contribution in [0.4, 0.5) is 5.69 Å². The van der Waals surface area contributed by atoms with Crippen LogP contribution in [0.1, 0.15) is 23.7 Å². The Hall–Kier alpha value is -3.60. The second kappa shape index (κ2) is 10.1. The summed E-state index contributed by atoms with van der Waals surface area (Å²) in [6, 6.07) is 25.6. The van der Waals surface area contributed by atoms with Crippen molar-refractivity contribution in [2.75, 3.05) is 11.9 Å². The molecule has 0 bridgehead atoms. The standard InChI is InChI=1S/C24H23NO4/c1-18-12-14-20(15-13-18)25-24(27)23(19-8-4-2-5-9-19)29-22(26)16-17-28-21-10-6-3-7-11-21/h2-15,23H,16-17H2,1H3,(H,25,27)/t23-/m0/s1. The topological polar surface area (TPSA) is 64.6 Å². The second-order valence-electron chi connectivity index (χ2n) is 6.55. The van der Waals surface area contributed by atoms with Gasteiger partial charge in [-0.1, -0.05) is 66.2 Å². The van der Waals surface area contributed by atoms with Gasteiger partial charge in [-0.25, -0.2) is 0 Å². The molecule has 1 atom stereocenters. The number of aryl methyl sites for hydroxylation is 1. The first-order chi connectivity index (χ1) is 14.1. The van der Waals surface area contributed by atoms with E-state index in [1.807, 2.05) is 67.6 Å². The molecule has 1 N–H and O–H groups in total. The van der Waals surface area contributed by atoms with Crippen LogP contribution in [-0.4, -0.2) is 18.5 Å². The second-order valence-corrected chi connectivity index (χ2v) is 6.55. The zero-order valence-electron chi connectivity index (χ0n) is 16.2. The van der Waals surface area contributed by atoms with Gasteiger partial charge < -0.3 is 14.8 Å². The van der Waals surface area contributed by atoms with E-state index in [0.717, 1.165) is 5.56 Å². The maximum atomic E-state index is 12.8. The SMILES string of the molecule is Cc1ccc(NC(=O)[C@@H](OC(=O)CCOc2ccccc2)c2ccccc2)cc1. The number of carbonyl (C=O) groups excluding carboxylic acids is 2. The van der Waals surface area contributed by atoms with Crippen molar-refractivity contribution in [3.05, 3.63) is 96.1 Å². The van der Waals surface area contributed by atoms with Crippen molar-refractivity contribution in [2.45, 2.75) is 19.4 Å². The number of amides is 1. The van der Waals surface area contributed by atoms with Crippen molar-refractivity contribution >= 4 is 17.6 Å². The van der Waals surface area contributed by atoms with E-state index in [9.17, 15) is 9.59 Å². The zero-order chi connectivity index (χ0) is 20.5. The molecule has 0 saturated heterocycles. The number of carbonyl (C=O) groups is 2. The minimum Gasteiger partial charge on any atom is -0.493 e. The average Bonchev–Trinajstić information content (AvgIpc) is 2.75. The molecule has 0 radical (unpaired) electrons. The van der Waals surface area contributed by atoms with Gasteiger partial charge in [-0.15, -0.1) is 0 Å². The fourth-order valence-corrected chi connectivity index (χ4v) is 2.70. The fraction of sp³-hybridized carbons (Fsp3) is 0.167. The van der Waals surface area contributed by atoms with Crippen LogP contribution in [0.3, 0.4) is 0 Å². The van der Waals surface area contributed by atoms with E-state index < -0.39 is 18.0 Å². The van der Waals surface area contributed by atoms with Gasteiger partial charge in [0.25, 0.3) is 5.91 Å². The lowest BCUT2D eigenvalue weighted by atomic mass is 10.1. The Morgan fingerprint density at radius 1 is 0.862 bits per heavy atom. The Balaban J connectivity index is 1.63. The molecule has 0 aromatic heterocycles. The molecule has 148 valence electrons. The molecule has 29 heavy (non-hydrogen) atoms. The molecule has 0 fully saturated rings. The Kier molecular flexibility index (Phi) is 7.00. The Labute approximate surface area is 170 Å². The van der Waals surface area contributed by atoms with Crippen LogP contribution in [0.15, 0.2) is 84.9 Å². The first-order valence-electron chi connectivity index (χ1n) is 9.41. The Morgan fingerprint density at radius 3 is 2.14 bits per heavy atom. The number of hydrogen-bond acceptors (Lipinski definition) is 4. The monoisotopic (exact) mass is 389 g/mol. The lowest BCUT2D eigenvalue weighted by molar-refractivity contribution is -0.155. The van der Waals surface area contributed by atoms with Crippen LogP contribution in [0.25, 0.3) is 0 Å². The molecule has 5 heteroatoms. The van der Waals surface area contributed by atoms with Gasteiger partial charge in [0.15, 0.2) is 0 Å². The third kappa shape index (κ3) is 6.21. The van der Waals surface area contributed by atoms with Gasteiger partial charge in [0, 0.05) is 11.3 Å². The molecule has 0 spiro atoms. The molecular weight excluding hydrogens is 366 g/mol. The van der Waals surface area contributed by atoms with Crippen LogP contribution in [0.5, 0.6) is 5.75 Å². The van der Waals surface area contributed by atoms with Gasteiger partial charge in [-0.2, -0.15) is 0 Å². The molecule has 0 saturated carbocycles. The van der Waals surface area contributed by atoms with Crippen molar-refractivity contribution in [1.29, 1.82) is 0 Å². The summed E-state index contributed by atoms with van der Waals surface area (Å²) >= 11 is 0. The number of ether oxygens (including phenoxy) is 2. The Morgan fingerprint density at radius 2 is 1.48 bits per heavy atom. The molecule has 0 aliphatic rings. The van der Waals surface area contributed by atoms with Gasteiger partial charge in [-0.05, 0) is 31.2 Å². The number of benzene rings is 3. The molecule has 3 rings (SSSR count). The summed E-state index contributed by atoms with van der Waals surface area (Å²) in [7, 11) is 0. The molecular formula is C24H23NO4. The third-order valence-corrected chi connectivity index (χ3v) is 4.23. The van der Waals surface area contributed by atoms with Crippen molar-refractivity contribution in [3.63, 3.8) is 0 Å². The third-order valence-electron chi connectivity index (χ3n) is 4.23. The van der Waals surface area contributed by atoms with Gasteiger partial charge >= 0.3 is 5.97 Å². The lowest BCUT2D eigenvalue weighted by Gasteiger charge is -2.18. The highest BCUT2D eigenvalue weighted by molar-refractivity contribution is 5.96. The van der Waals surface area contributed by atoms with Crippen LogP contribution >= 0.6 is 0 Å². The largest absolute Gasteiger partial charge is 0.493 e. The summed E-state index contributed by atoms with van der Waals surface area (Å²) in [6.07, 6.45) is -1.00. The molecule has 0 aliphatic carbocycles. The Bertz CT molecular complexity index is 924. The lowest BCUT2D eigenvalue weighted by Crippen LogP contribution is -2.26. The number of anilines is 1. The normalized spacial score (nSPS) is 11.3. The molecule has 5 nitrogen and oxygen atoms in total. The number of para-hydroxylation sites is 1. The summed E-state index contributed by atoms with van der Waals surface area (Å²) in [4.78, 5) is 25.1. The van der Waals surface area contributed by atoms with Crippen LogP contribution < -0.4 is 10.1 Å². The number of hydrogen-bond donors (Lipinski definition) is 1. The smallest absolute Gasteiger partial charge is 0.310 e. The molecule has 0 heterocycles. The van der Waals surface area contributed by atoms with E-state index in [4.69, 9.17) is 9.47 Å². The van der Waals surface area contributed by atoms with Crippen molar-refractivity contribution in [1.82, 2.24) is 0 Å². The number of nitrogens with one attached hydrogen (secondary N) is 1. The highest BCUT2D eigenvalue weighted by Gasteiger charge is 2.25. The van der Waals surface area contributed by atoms with Crippen LogP contribution in [0.2, 0.25) is 0 Å². The molecule has 0 unspecified atom stereocenters. The average molecular weight is 389 g/mol. The fourth-order valence-electron chi connectivity index (χ4n) is 2.70. The molecule has 1 amide bonds. The van der Waals surface area contributed by atoms with E-state index in [1.54, 1.807) is 24.3 Å². The number of esters is 1. The van der Waals surface area contributed by atoms with E-state index in [0.29, 0.717) is 17.0 Å². The van der Waals surface area contributed by atoms with Crippen LogP contribution in [-0.2, 0) is 14.3 Å². The first-order valence-corrected chi connectivity index (χ1v) is 9.41. The number of rotatable bonds is 8. The predicted molar refractivity (Wildman–Crippen MR) is 112 cm³/mol. The van der Waals surface area contributed by atoms with E-state index in [1.165, 1.54) is 0 Å². The molecule has 3 aromatic carbocycles. The quantitative estimate of drug-likeness (QED) is 0.568. The van der Waals surface area contributed by atoms with E-state index in [-0.39, 0.29) is 13.0 Å². The van der Waals surface area contributed by atoms with Gasteiger partial charge in [0.2, 0.25) is 6.10 Å². The summed E-state index contributed by atoms with van der Waals surface area (Å²) in [5.41, 5.74) is 2.34. The minimum absolute atomic E-state index is 0.0377. The maximum absolute atomic E-state index is 12.8. The summed E-state index contributed by atoms with van der Waals surface area (Å²) in [5.74, 6) is -0.233. The minimum atomic E-state index is -1.04. The first kappa shape index (κ1) is 20.1. The summed E-state index contributed by atoms with van der Waals surface area (Å²) in [5, 5.41) is 2.81. The molecule has 3 aromatic rings. The van der Waals surface area contributed by atoms with Gasteiger partial charge in [0.1, 0.15) is 5.75 Å². The highest BCUT2D eigenvalue weighted by Crippen LogP contribution is 2.21. The molecule has 0 aliphatic heterocycles. The van der Waals surface area contributed by atoms with Gasteiger partial charge in [-0.3, -0.25) is 9.59 Å².